The molecule has 402 valence electrons. The maximum absolute atomic E-state index is 12.4. The Bertz CT molecular complexity index is 1990. The van der Waals surface area contributed by atoms with Crippen LogP contribution in [0.2, 0.25) is 0 Å². The van der Waals surface area contributed by atoms with Crippen molar-refractivity contribution < 1.29 is 38.3 Å². The predicted octanol–water partition coefficient (Wildman–Crippen LogP) is 16.3. The average molecular weight is 1010 g/mol. The van der Waals surface area contributed by atoms with E-state index in [0.29, 0.717) is 0 Å². The number of aliphatic hydroxyl groups is 2. The number of aliphatic hydroxyl groups excluding tert-OH is 2. The molecule has 1 heterocycles. The van der Waals surface area contributed by atoms with Crippen LogP contribution in [0.3, 0.4) is 0 Å². The number of nitrogens with two attached hydrogens (primary N) is 1. The van der Waals surface area contributed by atoms with Gasteiger partial charge in [0.1, 0.15) is 24.0 Å². The molecular formula is C61H100NO8P. The number of carbonyl (C=O) groups excluding carboxylic acids is 1. The van der Waals surface area contributed by atoms with E-state index in [9.17, 15) is 24.5 Å². The number of hydrogen-bond acceptors (Lipinski definition) is 8. The van der Waals surface area contributed by atoms with Crippen LogP contribution in [0.25, 0.3) is 0 Å². The third kappa shape index (κ3) is 33.3. The van der Waals surface area contributed by atoms with Gasteiger partial charge in [-0.25, -0.2) is 4.57 Å². The van der Waals surface area contributed by atoms with E-state index in [1.807, 2.05) is 6.92 Å². The van der Waals surface area contributed by atoms with Gasteiger partial charge in [-0.15, -0.1) is 0 Å². The Morgan fingerprint density at radius 2 is 0.746 bits per heavy atom. The SMILES string of the molecule is CC(C)=CCC/C(C)=C/CC/C(C)=C/CC/C(C)=C/CC/C(C)=C/CC/C(C)=C/CC/C(C)=C/CC/C(C)=C/CC/C(C)=C/CC/C(C)=C/CC/C(C)=C/COP(=O)(O)O[C@@H]1OCC(N)(C=O)[C@H](O)[C@H]1O. The monoisotopic (exact) mass is 1010 g/mol. The molecule has 1 fully saturated rings. The highest BCUT2D eigenvalue weighted by atomic mass is 31.2. The van der Waals surface area contributed by atoms with E-state index >= 15 is 0 Å². The third-order valence-electron chi connectivity index (χ3n) is 13.2. The second-order valence-electron chi connectivity index (χ2n) is 20.9. The third-order valence-corrected chi connectivity index (χ3v) is 14.1. The maximum atomic E-state index is 12.4. The number of ether oxygens (including phenoxy) is 1. The van der Waals surface area contributed by atoms with Gasteiger partial charge >= 0.3 is 7.82 Å². The zero-order chi connectivity index (χ0) is 53.2. The molecular weight excluding hydrogens is 906 g/mol. The highest BCUT2D eigenvalue weighted by Gasteiger charge is 2.49. The van der Waals surface area contributed by atoms with E-state index in [-0.39, 0.29) is 12.9 Å². The number of phosphoric acid groups is 1. The van der Waals surface area contributed by atoms with Crippen LogP contribution < -0.4 is 5.73 Å². The van der Waals surface area contributed by atoms with Gasteiger partial charge in [0, 0.05) is 0 Å². The first kappa shape index (κ1) is 65.8. The highest BCUT2D eigenvalue weighted by molar-refractivity contribution is 7.47. The summed E-state index contributed by atoms with van der Waals surface area (Å²) in [4.78, 5) is 21.2. The van der Waals surface area contributed by atoms with Crippen molar-refractivity contribution in [3.05, 3.63) is 128 Å². The highest BCUT2D eigenvalue weighted by Crippen LogP contribution is 2.46. The minimum Gasteiger partial charge on any atom is -0.388 e. The Balaban J connectivity index is 2.26. The number of carbonyl (C=O) groups is 1. The number of rotatable bonds is 36. The lowest BCUT2D eigenvalue weighted by atomic mass is 9.89. The minimum atomic E-state index is -4.63. The summed E-state index contributed by atoms with van der Waals surface area (Å²) < 4.78 is 27.4. The average Bonchev–Trinajstić information content (AvgIpc) is 3.29. The molecule has 1 saturated heterocycles. The first-order valence-corrected chi connectivity index (χ1v) is 28.1. The molecule has 1 aliphatic heterocycles. The normalized spacial score (nSPS) is 21.7. The van der Waals surface area contributed by atoms with Crippen LogP contribution in [0.4, 0.5) is 0 Å². The summed E-state index contributed by atoms with van der Waals surface area (Å²) in [5.74, 6) is 0. The summed E-state index contributed by atoms with van der Waals surface area (Å²) in [5.41, 5.74) is 19.5. The molecule has 5 N–H and O–H groups in total. The fraction of sp³-hybridized carbons (Fsp3) is 0.623. The topological polar surface area (TPSA) is 149 Å². The van der Waals surface area contributed by atoms with Gasteiger partial charge in [-0.05, 0) is 212 Å². The van der Waals surface area contributed by atoms with E-state index in [1.165, 1.54) is 68.6 Å². The van der Waals surface area contributed by atoms with Crippen molar-refractivity contribution in [2.24, 2.45) is 5.73 Å². The van der Waals surface area contributed by atoms with Gasteiger partial charge in [-0.1, -0.05) is 128 Å². The molecule has 0 aromatic heterocycles. The number of hydrogen-bond donors (Lipinski definition) is 4. The van der Waals surface area contributed by atoms with E-state index in [0.717, 1.165) is 121 Å². The Morgan fingerprint density at radius 3 is 1.00 bits per heavy atom. The van der Waals surface area contributed by atoms with Crippen LogP contribution in [0, 0.1) is 0 Å². The van der Waals surface area contributed by atoms with Crippen LogP contribution in [0.15, 0.2) is 128 Å². The van der Waals surface area contributed by atoms with Crippen molar-refractivity contribution in [3.63, 3.8) is 0 Å². The molecule has 0 aliphatic carbocycles. The van der Waals surface area contributed by atoms with Gasteiger partial charge in [0.05, 0.1) is 13.2 Å². The summed E-state index contributed by atoms with van der Waals surface area (Å²) in [6, 6.07) is 0. The Labute approximate surface area is 433 Å². The molecule has 9 nitrogen and oxygen atoms in total. The molecule has 71 heavy (non-hydrogen) atoms. The fourth-order valence-electron chi connectivity index (χ4n) is 8.03. The number of aldehydes is 1. The van der Waals surface area contributed by atoms with Crippen molar-refractivity contribution in [2.75, 3.05) is 13.2 Å². The summed E-state index contributed by atoms with van der Waals surface area (Å²) in [7, 11) is -4.63. The minimum absolute atomic E-state index is 0.190. The van der Waals surface area contributed by atoms with Gasteiger partial charge in [-0.3, -0.25) is 9.05 Å². The largest absolute Gasteiger partial charge is 0.474 e. The van der Waals surface area contributed by atoms with Crippen molar-refractivity contribution >= 4 is 14.1 Å². The van der Waals surface area contributed by atoms with Crippen molar-refractivity contribution in [3.8, 4) is 0 Å². The molecule has 0 spiro atoms. The van der Waals surface area contributed by atoms with Gasteiger partial charge < -0.3 is 30.4 Å². The van der Waals surface area contributed by atoms with Crippen LogP contribution in [-0.2, 0) is 23.1 Å². The molecule has 2 unspecified atom stereocenters. The second kappa shape index (κ2) is 37.5. The van der Waals surface area contributed by atoms with Crippen LogP contribution >= 0.6 is 7.82 Å². The zero-order valence-corrected chi connectivity index (χ0v) is 47.5. The maximum Gasteiger partial charge on any atom is 0.474 e. The summed E-state index contributed by atoms with van der Waals surface area (Å²) in [5, 5.41) is 20.2. The lowest BCUT2D eigenvalue weighted by molar-refractivity contribution is -0.233. The predicted molar refractivity (Wildman–Crippen MR) is 301 cm³/mol. The Morgan fingerprint density at radius 1 is 0.493 bits per heavy atom. The molecule has 0 aromatic rings. The Kier molecular flexibility index (Phi) is 34.7. The van der Waals surface area contributed by atoms with Crippen molar-refractivity contribution in [2.45, 2.75) is 236 Å². The van der Waals surface area contributed by atoms with E-state index in [4.69, 9.17) is 19.5 Å². The molecule has 0 saturated carbocycles. The van der Waals surface area contributed by atoms with E-state index in [2.05, 4.69) is 137 Å². The zero-order valence-electron chi connectivity index (χ0n) is 46.6. The van der Waals surface area contributed by atoms with E-state index < -0.39 is 38.5 Å². The van der Waals surface area contributed by atoms with Gasteiger partial charge in [0.2, 0.25) is 0 Å². The summed E-state index contributed by atoms with van der Waals surface area (Å²) in [6.07, 6.45) is 42.4. The van der Waals surface area contributed by atoms with Crippen LogP contribution in [-0.4, -0.2) is 58.6 Å². The van der Waals surface area contributed by atoms with Crippen LogP contribution in [0.5, 0.6) is 0 Å². The standard InChI is InChI=1S/C61H100NO8P/c1-47(2)23-13-24-48(3)25-14-26-49(4)27-15-28-50(5)29-16-30-51(6)31-17-32-52(7)33-18-34-53(8)35-19-36-54(9)37-20-38-55(10)39-21-40-56(11)41-22-42-57(12)43-44-69-71(66,67)70-60-58(64)59(65)61(62,45-63)46-68-60/h23,25,27,29,31,33,35,37,39,41,43,45,58-60,64-65H,13-22,24,26,28,30,32,34,36,38,40,42,44,46,62H2,1-12H3,(H,66,67)/b48-25+,49-27+,50-29+,51-31+,52-33+,53-35+,54-37+,55-39+,56-41+,57-43+/t58-,59-,60+,61?/m1/s1. The fourth-order valence-corrected chi connectivity index (χ4v) is 8.81. The molecule has 10 heteroatoms. The van der Waals surface area contributed by atoms with Crippen molar-refractivity contribution in [1.82, 2.24) is 0 Å². The Hall–Kier alpha value is -3.24. The summed E-state index contributed by atoms with van der Waals surface area (Å²) >= 11 is 0. The molecule has 1 rings (SSSR count). The summed E-state index contributed by atoms with van der Waals surface area (Å²) in [6.45, 7) is 25.9. The quantitative estimate of drug-likeness (QED) is 0.0273. The van der Waals surface area contributed by atoms with Crippen LogP contribution in [0.1, 0.15) is 212 Å². The molecule has 0 bridgehead atoms. The first-order chi connectivity index (χ1) is 33.5. The smallest absolute Gasteiger partial charge is 0.388 e. The van der Waals surface area contributed by atoms with Gasteiger partial charge in [0.15, 0.2) is 6.29 Å². The van der Waals surface area contributed by atoms with E-state index in [1.54, 1.807) is 6.08 Å². The lowest BCUT2D eigenvalue weighted by Crippen LogP contribution is -2.67. The molecule has 5 atom stereocenters. The van der Waals surface area contributed by atoms with Gasteiger partial charge in [-0.2, -0.15) is 0 Å². The van der Waals surface area contributed by atoms with Crippen molar-refractivity contribution in [1.29, 1.82) is 0 Å². The molecule has 0 amide bonds. The second-order valence-corrected chi connectivity index (χ2v) is 22.3. The lowest BCUT2D eigenvalue weighted by Gasteiger charge is -2.40. The molecule has 1 aliphatic rings. The number of phosphoric ester groups is 1. The molecule has 0 aromatic carbocycles. The van der Waals surface area contributed by atoms with Gasteiger partial charge in [0.25, 0.3) is 0 Å². The molecule has 0 radical (unpaired) electrons. The first-order valence-electron chi connectivity index (χ1n) is 26.6. The number of allylic oxidation sites excluding steroid dienone is 21.